The lowest BCUT2D eigenvalue weighted by Gasteiger charge is -2.07. The zero-order valence-electron chi connectivity index (χ0n) is 10.6. The van der Waals surface area contributed by atoms with Crippen LogP contribution in [0.3, 0.4) is 0 Å². The Morgan fingerprint density at radius 2 is 1.84 bits per heavy atom. The van der Waals surface area contributed by atoms with E-state index in [0.717, 1.165) is 22.3 Å². The lowest BCUT2D eigenvalue weighted by molar-refractivity contribution is 0.297. The molecule has 0 spiro atoms. The highest BCUT2D eigenvalue weighted by atomic mass is 35.5. The molecular formula is C16H13ClNO. The summed E-state index contributed by atoms with van der Waals surface area (Å²) in [6.45, 7) is 0.493. The number of ether oxygens (including phenoxy) is 1. The lowest BCUT2D eigenvalue weighted by atomic mass is 10.2. The number of hydrogen-bond acceptors (Lipinski definition) is 1. The molecule has 0 saturated heterocycles. The van der Waals surface area contributed by atoms with Crippen LogP contribution in [0.5, 0.6) is 5.75 Å². The van der Waals surface area contributed by atoms with Crippen LogP contribution in [0, 0.1) is 6.07 Å². The fourth-order valence-electron chi connectivity index (χ4n) is 2.07. The molecule has 0 atom stereocenters. The van der Waals surface area contributed by atoms with Crippen LogP contribution in [0.1, 0.15) is 5.69 Å². The molecule has 95 valence electrons. The summed E-state index contributed by atoms with van der Waals surface area (Å²) in [7, 11) is 2.03. The summed E-state index contributed by atoms with van der Waals surface area (Å²) in [6, 6.07) is 18.9. The summed E-state index contributed by atoms with van der Waals surface area (Å²) in [5.41, 5.74) is 2.19. The normalized spacial score (nSPS) is 10.8. The van der Waals surface area contributed by atoms with Gasteiger partial charge in [-0.3, -0.25) is 0 Å². The van der Waals surface area contributed by atoms with E-state index in [1.54, 1.807) is 0 Å². The third kappa shape index (κ3) is 2.45. The molecule has 3 rings (SSSR count). The second kappa shape index (κ2) is 4.98. The molecule has 0 aliphatic heterocycles. The van der Waals surface area contributed by atoms with E-state index in [0.29, 0.717) is 11.6 Å². The highest BCUT2D eigenvalue weighted by molar-refractivity contribution is 6.30. The Hall–Kier alpha value is -1.93. The molecular weight excluding hydrogens is 258 g/mol. The number of aryl methyl sites for hydroxylation is 1. The Labute approximate surface area is 117 Å². The number of benzene rings is 2. The second-order valence-corrected chi connectivity index (χ2v) is 4.83. The van der Waals surface area contributed by atoms with Crippen molar-refractivity contribution in [1.29, 1.82) is 0 Å². The van der Waals surface area contributed by atoms with Gasteiger partial charge >= 0.3 is 0 Å². The molecule has 0 fully saturated rings. The summed E-state index contributed by atoms with van der Waals surface area (Å²) in [5.74, 6) is 0.808. The SMILES string of the molecule is Cn1c(COc2ccc(Cl)cc2)[c]c2ccccc21. The Morgan fingerprint density at radius 3 is 2.58 bits per heavy atom. The van der Waals surface area contributed by atoms with E-state index in [2.05, 4.69) is 22.8 Å². The molecule has 19 heavy (non-hydrogen) atoms. The fourth-order valence-corrected chi connectivity index (χ4v) is 2.20. The molecule has 0 bridgehead atoms. The number of rotatable bonds is 3. The molecule has 0 aliphatic rings. The minimum absolute atomic E-state index is 0.493. The van der Waals surface area contributed by atoms with E-state index >= 15 is 0 Å². The monoisotopic (exact) mass is 270 g/mol. The van der Waals surface area contributed by atoms with Crippen molar-refractivity contribution < 1.29 is 4.74 Å². The quantitative estimate of drug-likeness (QED) is 0.695. The molecule has 0 N–H and O–H groups in total. The maximum Gasteiger partial charge on any atom is 0.129 e. The van der Waals surface area contributed by atoms with Gasteiger partial charge in [0.1, 0.15) is 12.4 Å². The smallest absolute Gasteiger partial charge is 0.129 e. The molecule has 0 saturated carbocycles. The predicted molar refractivity (Wildman–Crippen MR) is 77.5 cm³/mol. The van der Waals surface area contributed by atoms with Crippen LogP contribution in [-0.2, 0) is 13.7 Å². The first-order valence-corrected chi connectivity index (χ1v) is 6.46. The summed E-state index contributed by atoms with van der Waals surface area (Å²) in [5, 5.41) is 1.82. The molecule has 1 radical (unpaired) electrons. The molecule has 1 aromatic heterocycles. The van der Waals surface area contributed by atoms with Crippen molar-refractivity contribution in [2.24, 2.45) is 7.05 Å². The summed E-state index contributed by atoms with van der Waals surface area (Å²) in [4.78, 5) is 0. The molecule has 2 aromatic carbocycles. The molecule has 0 unspecified atom stereocenters. The minimum Gasteiger partial charge on any atom is -0.487 e. The van der Waals surface area contributed by atoms with Crippen molar-refractivity contribution in [2.75, 3.05) is 0 Å². The van der Waals surface area contributed by atoms with Crippen LogP contribution >= 0.6 is 11.6 Å². The minimum atomic E-state index is 0.493. The van der Waals surface area contributed by atoms with Gasteiger partial charge in [0, 0.05) is 29.0 Å². The van der Waals surface area contributed by atoms with E-state index in [4.69, 9.17) is 16.3 Å². The van der Waals surface area contributed by atoms with Crippen molar-refractivity contribution in [3.63, 3.8) is 0 Å². The van der Waals surface area contributed by atoms with Crippen molar-refractivity contribution in [2.45, 2.75) is 6.61 Å². The van der Waals surface area contributed by atoms with Gasteiger partial charge in [-0.05, 0) is 30.3 Å². The van der Waals surface area contributed by atoms with E-state index in [1.165, 1.54) is 0 Å². The molecule has 0 amide bonds. The Kier molecular flexibility index (Phi) is 3.18. The average molecular weight is 271 g/mol. The van der Waals surface area contributed by atoms with Gasteiger partial charge < -0.3 is 9.30 Å². The first-order chi connectivity index (χ1) is 9.24. The van der Waals surface area contributed by atoms with Gasteiger partial charge in [-0.2, -0.15) is 0 Å². The van der Waals surface area contributed by atoms with Gasteiger partial charge in [-0.15, -0.1) is 0 Å². The topological polar surface area (TPSA) is 14.2 Å². The van der Waals surface area contributed by atoms with Crippen LogP contribution in [0.25, 0.3) is 10.9 Å². The maximum atomic E-state index is 5.84. The molecule has 0 aliphatic carbocycles. The third-order valence-electron chi connectivity index (χ3n) is 3.14. The first kappa shape index (κ1) is 12.1. The van der Waals surface area contributed by atoms with Gasteiger partial charge in [-0.1, -0.05) is 29.8 Å². The van der Waals surface area contributed by atoms with Crippen LogP contribution in [0.15, 0.2) is 48.5 Å². The summed E-state index contributed by atoms with van der Waals surface area (Å²) >= 11 is 5.84. The Balaban J connectivity index is 1.82. The average Bonchev–Trinajstić information content (AvgIpc) is 2.76. The summed E-state index contributed by atoms with van der Waals surface area (Å²) in [6.07, 6.45) is 0. The van der Waals surface area contributed by atoms with Gasteiger partial charge in [0.2, 0.25) is 0 Å². The van der Waals surface area contributed by atoms with Crippen LogP contribution in [0.2, 0.25) is 5.02 Å². The number of para-hydroxylation sites is 1. The zero-order chi connectivity index (χ0) is 13.2. The number of aromatic nitrogens is 1. The highest BCUT2D eigenvalue weighted by Crippen LogP contribution is 2.20. The molecule has 3 heteroatoms. The van der Waals surface area contributed by atoms with Crippen molar-refractivity contribution >= 4 is 22.5 Å². The van der Waals surface area contributed by atoms with E-state index in [9.17, 15) is 0 Å². The third-order valence-corrected chi connectivity index (χ3v) is 3.39. The zero-order valence-corrected chi connectivity index (χ0v) is 11.3. The lowest BCUT2D eigenvalue weighted by Crippen LogP contribution is -2.01. The number of hydrogen-bond donors (Lipinski definition) is 0. The number of nitrogens with zero attached hydrogens (tertiary/aromatic N) is 1. The van der Waals surface area contributed by atoms with Gasteiger partial charge in [0.25, 0.3) is 0 Å². The Bertz CT molecular complexity index is 700. The molecule has 1 heterocycles. The van der Waals surface area contributed by atoms with Gasteiger partial charge in [0.05, 0.1) is 5.69 Å². The highest BCUT2D eigenvalue weighted by Gasteiger charge is 2.06. The fraction of sp³-hybridized carbons (Fsp3) is 0.125. The number of halogens is 1. The van der Waals surface area contributed by atoms with Crippen LogP contribution in [0.4, 0.5) is 0 Å². The molecule has 2 nitrogen and oxygen atoms in total. The van der Waals surface area contributed by atoms with Gasteiger partial charge in [0.15, 0.2) is 0 Å². The number of fused-ring (bicyclic) bond motifs is 1. The maximum absolute atomic E-state index is 5.84. The Morgan fingerprint density at radius 1 is 1.11 bits per heavy atom. The largest absolute Gasteiger partial charge is 0.487 e. The van der Waals surface area contributed by atoms with E-state index in [-0.39, 0.29) is 0 Å². The first-order valence-electron chi connectivity index (χ1n) is 6.08. The molecule has 3 aromatic rings. The van der Waals surface area contributed by atoms with E-state index < -0.39 is 0 Å². The van der Waals surface area contributed by atoms with Crippen molar-refractivity contribution in [3.05, 3.63) is 65.3 Å². The van der Waals surface area contributed by atoms with Crippen molar-refractivity contribution in [1.82, 2.24) is 4.57 Å². The predicted octanol–water partition coefficient (Wildman–Crippen LogP) is 4.21. The van der Waals surface area contributed by atoms with Crippen LogP contribution in [-0.4, -0.2) is 4.57 Å². The standard InChI is InChI=1S/C16H13ClNO/c1-18-14(10-12-4-2-3-5-16(12)18)11-19-15-8-6-13(17)7-9-15/h2-9H,11H2,1H3. The second-order valence-electron chi connectivity index (χ2n) is 4.39. The van der Waals surface area contributed by atoms with Crippen molar-refractivity contribution in [3.8, 4) is 5.75 Å². The van der Waals surface area contributed by atoms with Crippen LogP contribution < -0.4 is 4.74 Å². The summed E-state index contributed by atoms with van der Waals surface area (Å²) < 4.78 is 7.85. The van der Waals surface area contributed by atoms with E-state index in [1.807, 2.05) is 43.4 Å². The van der Waals surface area contributed by atoms with Gasteiger partial charge in [-0.25, -0.2) is 0 Å².